The largest absolute Gasteiger partial charge is 0.480 e. The number of amides is 4. The van der Waals surface area contributed by atoms with E-state index in [1.807, 2.05) is 0 Å². The molecular formula is C19H27N9O7. The van der Waals surface area contributed by atoms with Gasteiger partial charge in [0.1, 0.15) is 24.2 Å². The average Bonchev–Trinajstić information content (AvgIpc) is 3.50. The van der Waals surface area contributed by atoms with Gasteiger partial charge in [0.2, 0.25) is 23.6 Å². The Hall–Kier alpha value is -4.31. The molecule has 4 amide bonds. The lowest BCUT2D eigenvalue weighted by Crippen LogP contribution is -2.58. The number of nitrogens with zero attached hydrogens (tertiary/aromatic N) is 2. The van der Waals surface area contributed by atoms with Crippen molar-refractivity contribution in [3.63, 3.8) is 0 Å². The van der Waals surface area contributed by atoms with Gasteiger partial charge in [-0.15, -0.1) is 0 Å². The fourth-order valence-electron chi connectivity index (χ4n) is 2.96. The second-order valence-electron chi connectivity index (χ2n) is 7.54. The lowest BCUT2D eigenvalue weighted by molar-refractivity contribution is -0.143. The molecule has 16 heteroatoms. The highest BCUT2D eigenvalue weighted by Gasteiger charge is 2.31. The van der Waals surface area contributed by atoms with Gasteiger partial charge in [-0.25, -0.2) is 14.8 Å². The van der Waals surface area contributed by atoms with Crippen LogP contribution in [-0.2, 0) is 36.8 Å². The number of carboxylic acids is 1. The maximum Gasteiger partial charge on any atom is 0.326 e. The first-order chi connectivity index (χ1) is 16.6. The van der Waals surface area contributed by atoms with Crippen LogP contribution in [0.1, 0.15) is 17.8 Å². The Kier molecular flexibility index (Phi) is 9.85. The number of nitrogens with two attached hydrogens (primary N) is 2. The van der Waals surface area contributed by atoms with Gasteiger partial charge in [0.15, 0.2) is 0 Å². The molecule has 0 bridgehead atoms. The number of hydrogen-bond acceptors (Lipinski definition) is 9. The number of aliphatic hydroxyl groups excluding tert-OH is 1. The third-order valence-corrected chi connectivity index (χ3v) is 4.78. The van der Waals surface area contributed by atoms with Crippen molar-refractivity contribution in [2.75, 3.05) is 6.61 Å². The molecule has 4 atom stereocenters. The lowest BCUT2D eigenvalue weighted by Gasteiger charge is -2.24. The number of carboxylic acid groups (broad SMARTS) is 1. The third-order valence-electron chi connectivity index (χ3n) is 4.78. The number of hydrogen-bond donors (Lipinski definition) is 9. The minimum atomic E-state index is -1.62. The van der Waals surface area contributed by atoms with Crippen LogP contribution >= 0.6 is 0 Å². The topological polar surface area (TPSA) is 271 Å². The summed E-state index contributed by atoms with van der Waals surface area (Å²) in [6.45, 7) is -0.661. The summed E-state index contributed by atoms with van der Waals surface area (Å²) in [7, 11) is 0. The van der Waals surface area contributed by atoms with E-state index in [9.17, 15) is 29.1 Å². The van der Waals surface area contributed by atoms with Crippen LogP contribution in [0.15, 0.2) is 25.0 Å². The van der Waals surface area contributed by atoms with Crippen molar-refractivity contribution in [3.05, 3.63) is 36.4 Å². The highest BCUT2D eigenvalue weighted by atomic mass is 16.4. The minimum absolute atomic E-state index is 0.0620. The van der Waals surface area contributed by atoms with E-state index in [1.165, 1.54) is 25.0 Å². The Balaban J connectivity index is 2.23. The van der Waals surface area contributed by atoms with Gasteiger partial charge in [-0.1, -0.05) is 0 Å². The number of aliphatic hydroxyl groups is 1. The number of imidazole rings is 2. The Morgan fingerprint density at radius 1 is 0.857 bits per heavy atom. The van der Waals surface area contributed by atoms with Crippen LogP contribution < -0.4 is 27.4 Å². The van der Waals surface area contributed by atoms with Crippen LogP contribution in [0.2, 0.25) is 0 Å². The van der Waals surface area contributed by atoms with Crippen molar-refractivity contribution in [2.45, 2.75) is 43.4 Å². The molecule has 0 fully saturated rings. The molecule has 2 aromatic rings. The molecule has 2 heterocycles. The maximum absolute atomic E-state index is 13.1. The van der Waals surface area contributed by atoms with Gasteiger partial charge < -0.3 is 47.6 Å². The fraction of sp³-hybridized carbons (Fsp3) is 0.421. The van der Waals surface area contributed by atoms with Gasteiger partial charge in [0.05, 0.1) is 25.7 Å². The molecule has 2 rings (SSSR count). The molecule has 0 aromatic carbocycles. The zero-order chi connectivity index (χ0) is 26.0. The van der Waals surface area contributed by atoms with Gasteiger partial charge in [0, 0.05) is 36.6 Å². The van der Waals surface area contributed by atoms with Crippen LogP contribution in [0.3, 0.4) is 0 Å². The first kappa shape index (κ1) is 26.9. The van der Waals surface area contributed by atoms with E-state index in [4.69, 9.17) is 16.6 Å². The zero-order valence-corrected chi connectivity index (χ0v) is 18.4. The smallest absolute Gasteiger partial charge is 0.326 e. The number of nitrogens with one attached hydrogen (secondary N) is 5. The predicted molar refractivity (Wildman–Crippen MR) is 117 cm³/mol. The standard InChI is InChI=1S/C19H27N9O7/c20-11(6-29)16(31)26-12(1-9-4-22-7-24-9)17(32)27-13(2-10-5-23-8-25-10)18(33)28-14(19(34)35)3-15(21)30/h4-5,7-8,11-14,29H,1-3,6,20H2,(H2,21,30)(H,22,24)(H,23,25)(H,26,31)(H,27,32)(H,28,33)(H,34,35). The summed E-state index contributed by atoms with van der Waals surface area (Å²) in [5.41, 5.74) is 11.5. The molecule has 0 radical (unpaired) electrons. The molecule has 16 nitrogen and oxygen atoms in total. The van der Waals surface area contributed by atoms with Crippen LogP contribution in [-0.4, -0.2) is 90.5 Å². The molecule has 0 spiro atoms. The second kappa shape index (κ2) is 12.8. The zero-order valence-electron chi connectivity index (χ0n) is 18.4. The quantitative estimate of drug-likeness (QED) is 0.122. The van der Waals surface area contributed by atoms with Crippen molar-refractivity contribution in [3.8, 4) is 0 Å². The van der Waals surface area contributed by atoms with Crippen LogP contribution in [0.5, 0.6) is 0 Å². The number of carbonyl (C=O) groups excluding carboxylic acids is 4. The molecule has 0 saturated carbocycles. The number of H-pyrrole nitrogens is 2. The van der Waals surface area contributed by atoms with Crippen molar-refractivity contribution in [2.24, 2.45) is 11.5 Å². The number of carbonyl (C=O) groups is 5. The van der Waals surface area contributed by atoms with Crippen molar-refractivity contribution < 1.29 is 34.2 Å². The normalized spacial score (nSPS) is 14.2. The Bertz CT molecular complexity index is 1010. The van der Waals surface area contributed by atoms with E-state index in [-0.39, 0.29) is 12.8 Å². The molecule has 0 saturated heterocycles. The summed E-state index contributed by atoms with van der Waals surface area (Å²) >= 11 is 0. The summed E-state index contributed by atoms with van der Waals surface area (Å²) in [5.74, 6) is -4.98. The second-order valence-corrected chi connectivity index (χ2v) is 7.54. The van der Waals surface area contributed by atoms with Gasteiger partial charge in [0.25, 0.3) is 0 Å². The molecule has 0 aliphatic heterocycles. The Morgan fingerprint density at radius 2 is 1.31 bits per heavy atom. The highest BCUT2D eigenvalue weighted by Crippen LogP contribution is 2.05. The van der Waals surface area contributed by atoms with E-state index in [0.717, 1.165) is 0 Å². The fourth-order valence-corrected chi connectivity index (χ4v) is 2.96. The molecule has 190 valence electrons. The van der Waals surface area contributed by atoms with E-state index in [0.29, 0.717) is 11.4 Å². The van der Waals surface area contributed by atoms with Crippen LogP contribution in [0.4, 0.5) is 0 Å². The van der Waals surface area contributed by atoms with Crippen molar-refractivity contribution >= 4 is 29.6 Å². The van der Waals surface area contributed by atoms with Gasteiger partial charge in [-0.05, 0) is 0 Å². The SMILES string of the molecule is NC(=O)CC(NC(=O)C(Cc1cnc[nH]1)NC(=O)C(Cc1cnc[nH]1)NC(=O)C(N)CO)C(=O)O. The first-order valence-electron chi connectivity index (χ1n) is 10.3. The van der Waals surface area contributed by atoms with Gasteiger partial charge >= 0.3 is 5.97 Å². The van der Waals surface area contributed by atoms with E-state index < -0.39 is 66.8 Å². The number of aromatic nitrogens is 4. The number of aliphatic carboxylic acids is 1. The molecule has 11 N–H and O–H groups in total. The monoisotopic (exact) mass is 493 g/mol. The Labute approximate surface area is 198 Å². The summed E-state index contributed by atoms with van der Waals surface area (Å²) in [6, 6.07) is -5.48. The highest BCUT2D eigenvalue weighted by molar-refractivity contribution is 5.95. The van der Waals surface area contributed by atoms with E-state index >= 15 is 0 Å². The maximum atomic E-state index is 13.1. The molecule has 4 unspecified atom stereocenters. The van der Waals surface area contributed by atoms with E-state index in [1.54, 1.807) is 0 Å². The summed E-state index contributed by atoms with van der Waals surface area (Å²) < 4.78 is 0. The number of rotatable bonds is 14. The number of primary amides is 1. The third kappa shape index (κ3) is 8.52. The Morgan fingerprint density at radius 3 is 1.69 bits per heavy atom. The molecule has 35 heavy (non-hydrogen) atoms. The van der Waals surface area contributed by atoms with E-state index in [2.05, 4.69) is 35.9 Å². The molecular weight excluding hydrogens is 466 g/mol. The summed E-state index contributed by atoms with van der Waals surface area (Å²) in [5, 5.41) is 25.4. The predicted octanol–water partition coefficient (Wildman–Crippen LogP) is -4.35. The molecule has 0 aliphatic rings. The van der Waals surface area contributed by atoms with Gasteiger partial charge in [-0.3, -0.25) is 19.2 Å². The molecule has 0 aliphatic carbocycles. The lowest BCUT2D eigenvalue weighted by atomic mass is 10.1. The summed E-state index contributed by atoms with van der Waals surface area (Å²) in [6.07, 6.45) is 4.68. The van der Waals surface area contributed by atoms with Crippen molar-refractivity contribution in [1.29, 1.82) is 0 Å². The van der Waals surface area contributed by atoms with Crippen LogP contribution in [0.25, 0.3) is 0 Å². The minimum Gasteiger partial charge on any atom is -0.480 e. The van der Waals surface area contributed by atoms with Gasteiger partial charge in [-0.2, -0.15) is 0 Å². The van der Waals surface area contributed by atoms with Crippen LogP contribution in [0, 0.1) is 0 Å². The summed E-state index contributed by atoms with van der Waals surface area (Å²) in [4.78, 5) is 74.0. The molecule has 2 aromatic heterocycles. The van der Waals surface area contributed by atoms with Crippen molar-refractivity contribution in [1.82, 2.24) is 35.9 Å². The number of aromatic amines is 2. The first-order valence-corrected chi connectivity index (χ1v) is 10.3. The average molecular weight is 493 g/mol.